The Kier molecular flexibility index (Phi) is 3.31. The average molecular weight is 200 g/mol. The minimum Gasteiger partial charge on any atom is -0.394 e. The van der Waals surface area contributed by atoms with Gasteiger partial charge in [-0.25, -0.2) is 0 Å². The lowest BCUT2D eigenvalue weighted by Gasteiger charge is -2.21. The van der Waals surface area contributed by atoms with Crippen molar-refractivity contribution in [3.05, 3.63) is 34.9 Å². The lowest BCUT2D eigenvalue weighted by Crippen LogP contribution is -2.42. The van der Waals surface area contributed by atoms with Crippen LogP contribution in [0.2, 0.25) is 5.02 Å². The molecule has 1 atom stereocenters. The second kappa shape index (κ2) is 4.09. The van der Waals surface area contributed by atoms with E-state index < -0.39 is 5.54 Å². The van der Waals surface area contributed by atoms with E-state index in [-0.39, 0.29) is 6.61 Å². The van der Waals surface area contributed by atoms with E-state index in [1.807, 2.05) is 31.2 Å². The Morgan fingerprint density at radius 2 is 1.92 bits per heavy atom. The Balaban J connectivity index is 2.69. The molecule has 0 radical (unpaired) electrons. The molecule has 2 nitrogen and oxygen atoms in total. The van der Waals surface area contributed by atoms with Crippen molar-refractivity contribution in [1.82, 2.24) is 0 Å². The van der Waals surface area contributed by atoms with E-state index in [0.717, 1.165) is 5.56 Å². The second-order valence-corrected chi connectivity index (χ2v) is 4.05. The first kappa shape index (κ1) is 10.5. The van der Waals surface area contributed by atoms with Crippen LogP contribution in [0.1, 0.15) is 12.5 Å². The molecular formula is C10H14ClNO. The van der Waals surface area contributed by atoms with Crippen LogP contribution in [0, 0.1) is 0 Å². The molecule has 13 heavy (non-hydrogen) atoms. The zero-order chi connectivity index (χ0) is 9.90. The summed E-state index contributed by atoms with van der Waals surface area (Å²) in [5, 5.41) is 9.67. The highest BCUT2D eigenvalue weighted by Crippen LogP contribution is 2.13. The number of rotatable bonds is 3. The van der Waals surface area contributed by atoms with Gasteiger partial charge < -0.3 is 10.8 Å². The van der Waals surface area contributed by atoms with E-state index in [0.29, 0.717) is 11.4 Å². The van der Waals surface area contributed by atoms with Gasteiger partial charge in [0.15, 0.2) is 0 Å². The first-order valence-corrected chi connectivity index (χ1v) is 4.55. The summed E-state index contributed by atoms with van der Waals surface area (Å²) in [4.78, 5) is 0. The highest BCUT2D eigenvalue weighted by molar-refractivity contribution is 6.30. The third-order valence-electron chi connectivity index (χ3n) is 1.88. The molecule has 1 aromatic carbocycles. The van der Waals surface area contributed by atoms with Gasteiger partial charge in [0.1, 0.15) is 0 Å². The van der Waals surface area contributed by atoms with Gasteiger partial charge in [-0.2, -0.15) is 0 Å². The van der Waals surface area contributed by atoms with Gasteiger partial charge in [0, 0.05) is 10.6 Å². The van der Waals surface area contributed by atoms with Gasteiger partial charge in [-0.1, -0.05) is 23.7 Å². The number of aliphatic hydroxyl groups excluding tert-OH is 1. The topological polar surface area (TPSA) is 46.2 Å². The standard InChI is InChI=1S/C10H14ClNO/c1-10(12,7-13)6-8-2-4-9(11)5-3-8/h2-5,13H,6-7,12H2,1H3/t10-/m0/s1. The molecule has 0 fully saturated rings. The van der Waals surface area contributed by atoms with Crippen LogP contribution in [0.25, 0.3) is 0 Å². The number of benzene rings is 1. The Labute approximate surface area is 83.3 Å². The summed E-state index contributed by atoms with van der Waals surface area (Å²) in [5.74, 6) is 0. The van der Waals surface area contributed by atoms with Gasteiger partial charge in [-0.05, 0) is 31.0 Å². The maximum atomic E-state index is 8.96. The molecule has 3 N–H and O–H groups in total. The summed E-state index contributed by atoms with van der Waals surface area (Å²) in [6.45, 7) is 1.80. The van der Waals surface area contributed by atoms with Gasteiger partial charge in [0.05, 0.1) is 6.61 Å². The van der Waals surface area contributed by atoms with Crippen LogP contribution < -0.4 is 5.73 Å². The molecule has 0 unspecified atom stereocenters. The molecule has 1 rings (SSSR count). The van der Waals surface area contributed by atoms with Crippen molar-refractivity contribution in [2.75, 3.05) is 6.61 Å². The van der Waals surface area contributed by atoms with Crippen molar-refractivity contribution in [1.29, 1.82) is 0 Å². The van der Waals surface area contributed by atoms with Crippen molar-refractivity contribution in [2.24, 2.45) is 5.73 Å². The SMILES string of the molecule is C[C@@](N)(CO)Cc1ccc(Cl)cc1. The number of nitrogens with two attached hydrogens (primary N) is 1. The van der Waals surface area contributed by atoms with E-state index in [9.17, 15) is 0 Å². The fraction of sp³-hybridized carbons (Fsp3) is 0.400. The van der Waals surface area contributed by atoms with Crippen molar-refractivity contribution in [2.45, 2.75) is 18.9 Å². The molecule has 0 saturated carbocycles. The van der Waals surface area contributed by atoms with Gasteiger partial charge in [0.2, 0.25) is 0 Å². The summed E-state index contributed by atoms with van der Waals surface area (Å²) in [6.07, 6.45) is 0.653. The molecule has 0 aliphatic carbocycles. The molecule has 0 aliphatic rings. The largest absolute Gasteiger partial charge is 0.394 e. The predicted molar refractivity (Wildman–Crippen MR) is 54.8 cm³/mol. The molecule has 0 aromatic heterocycles. The van der Waals surface area contributed by atoms with Crippen LogP contribution in [0.5, 0.6) is 0 Å². The first-order valence-electron chi connectivity index (χ1n) is 4.18. The van der Waals surface area contributed by atoms with Crippen LogP contribution >= 0.6 is 11.6 Å². The molecule has 3 heteroatoms. The van der Waals surface area contributed by atoms with Crippen LogP contribution in [0.4, 0.5) is 0 Å². The van der Waals surface area contributed by atoms with Crippen LogP contribution in [-0.4, -0.2) is 17.3 Å². The molecular weight excluding hydrogens is 186 g/mol. The van der Waals surface area contributed by atoms with Crippen molar-refractivity contribution in [3.8, 4) is 0 Å². The highest BCUT2D eigenvalue weighted by Gasteiger charge is 2.17. The summed E-state index contributed by atoms with van der Waals surface area (Å²) < 4.78 is 0. The van der Waals surface area contributed by atoms with E-state index in [1.54, 1.807) is 0 Å². The third-order valence-corrected chi connectivity index (χ3v) is 2.13. The van der Waals surface area contributed by atoms with Crippen molar-refractivity contribution in [3.63, 3.8) is 0 Å². The van der Waals surface area contributed by atoms with Gasteiger partial charge >= 0.3 is 0 Å². The number of hydrogen-bond donors (Lipinski definition) is 2. The summed E-state index contributed by atoms with van der Waals surface area (Å²) >= 11 is 5.74. The fourth-order valence-electron chi connectivity index (χ4n) is 1.12. The van der Waals surface area contributed by atoms with Crippen LogP contribution in [-0.2, 0) is 6.42 Å². The van der Waals surface area contributed by atoms with Gasteiger partial charge in [-0.15, -0.1) is 0 Å². The van der Waals surface area contributed by atoms with E-state index in [4.69, 9.17) is 22.4 Å². The number of aliphatic hydroxyl groups is 1. The normalized spacial score (nSPS) is 15.4. The monoisotopic (exact) mass is 199 g/mol. The molecule has 0 heterocycles. The lowest BCUT2D eigenvalue weighted by molar-refractivity contribution is 0.208. The minimum atomic E-state index is -0.548. The average Bonchev–Trinajstić information content (AvgIpc) is 2.09. The Morgan fingerprint density at radius 3 is 2.38 bits per heavy atom. The summed E-state index contributed by atoms with van der Waals surface area (Å²) in [6, 6.07) is 7.49. The van der Waals surface area contributed by atoms with E-state index >= 15 is 0 Å². The van der Waals surface area contributed by atoms with Gasteiger partial charge in [0.25, 0.3) is 0 Å². The van der Waals surface area contributed by atoms with E-state index in [2.05, 4.69) is 0 Å². The Bertz CT molecular complexity index is 269. The summed E-state index contributed by atoms with van der Waals surface area (Å²) in [5.41, 5.74) is 6.34. The molecule has 0 aliphatic heterocycles. The maximum Gasteiger partial charge on any atom is 0.0611 e. The lowest BCUT2D eigenvalue weighted by atomic mass is 9.95. The molecule has 0 spiro atoms. The zero-order valence-corrected chi connectivity index (χ0v) is 8.38. The first-order chi connectivity index (χ1) is 6.03. The Morgan fingerprint density at radius 1 is 1.38 bits per heavy atom. The second-order valence-electron chi connectivity index (χ2n) is 3.62. The quantitative estimate of drug-likeness (QED) is 0.777. The minimum absolute atomic E-state index is 0.0182. The third kappa shape index (κ3) is 3.35. The highest BCUT2D eigenvalue weighted by atomic mass is 35.5. The zero-order valence-electron chi connectivity index (χ0n) is 7.63. The van der Waals surface area contributed by atoms with Crippen LogP contribution in [0.15, 0.2) is 24.3 Å². The Hall–Kier alpha value is -0.570. The molecule has 0 bridgehead atoms. The molecule has 0 saturated heterocycles. The summed E-state index contributed by atoms with van der Waals surface area (Å²) in [7, 11) is 0. The molecule has 1 aromatic rings. The van der Waals surface area contributed by atoms with E-state index in [1.165, 1.54) is 0 Å². The number of hydrogen-bond acceptors (Lipinski definition) is 2. The number of halogens is 1. The molecule has 0 amide bonds. The predicted octanol–water partition coefficient (Wildman–Crippen LogP) is 1.59. The van der Waals surface area contributed by atoms with Crippen LogP contribution in [0.3, 0.4) is 0 Å². The van der Waals surface area contributed by atoms with Gasteiger partial charge in [-0.3, -0.25) is 0 Å². The fourth-order valence-corrected chi connectivity index (χ4v) is 1.25. The smallest absolute Gasteiger partial charge is 0.0611 e. The maximum absolute atomic E-state index is 8.96. The van der Waals surface area contributed by atoms with Crippen molar-refractivity contribution < 1.29 is 5.11 Å². The molecule has 72 valence electrons. The van der Waals surface area contributed by atoms with Crippen molar-refractivity contribution >= 4 is 11.6 Å².